The van der Waals surface area contributed by atoms with Gasteiger partial charge in [-0.05, 0) is 47.8 Å². The summed E-state index contributed by atoms with van der Waals surface area (Å²) in [6.07, 6.45) is 3.17. The average Bonchev–Trinajstić information content (AvgIpc) is 2.38. The number of hydrogen-bond donors (Lipinski definition) is 0. The third-order valence-corrected chi connectivity index (χ3v) is 4.37. The molecule has 3 nitrogen and oxygen atoms in total. The monoisotopic (exact) mass is 311 g/mol. The van der Waals surface area contributed by atoms with E-state index in [2.05, 4.69) is 57.6 Å². The number of rotatable bonds is 3. The highest BCUT2D eigenvalue weighted by Gasteiger charge is 2.21. The lowest BCUT2D eigenvalue weighted by Gasteiger charge is -2.38. The highest BCUT2D eigenvalue weighted by molar-refractivity contribution is 9.10. The smallest absolute Gasteiger partial charge is 0.142 e. The molecule has 0 N–H and O–H groups in total. The van der Waals surface area contributed by atoms with E-state index in [-0.39, 0.29) is 0 Å². The molecule has 1 saturated heterocycles. The average molecular weight is 312 g/mol. The summed E-state index contributed by atoms with van der Waals surface area (Å²) >= 11 is 3.62. The highest BCUT2D eigenvalue weighted by atomic mass is 79.9. The molecule has 0 aromatic carbocycles. The van der Waals surface area contributed by atoms with E-state index >= 15 is 0 Å². The van der Waals surface area contributed by atoms with Crippen molar-refractivity contribution in [1.82, 2.24) is 9.88 Å². The molecule has 1 atom stereocenters. The Morgan fingerprint density at radius 3 is 2.56 bits per heavy atom. The van der Waals surface area contributed by atoms with E-state index in [1.807, 2.05) is 6.20 Å². The van der Waals surface area contributed by atoms with Crippen molar-refractivity contribution in [3.05, 3.63) is 22.3 Å². The fraction of sp³-hybridized carbons (Fsp3) is 0.643. The van der Waals surface area contributed by atoms with Crippen LogP contribution < -0.4 is 4.90 Å². The van der Waals surface area contributed by atoms with Crippen molar-refractivity contribution in [1.29, 1.82) is 0 Å². The second-order valence-corrected chi connectivity index (χ2v) is 5.95. The fourth-order valence-electron chi connectivity index (χ4n) is 2.39. The van der Waals surface area contributed by atoms with Crippen LogP contribution in [0.4, 0.5) is 5.82 Å². The van der Waals surface area contributed by atoms with E-state index in [4.69, 9.17) is 0 Å². The van der Waals surface area contributed by atoms with Crippen LogP contribution in [-0.2, 0) is 0 Å². The van der Waals surface area contributed by atoms with E-state index in [9.17, 15) is 0 Å². The molecule has 1 aliphatic heterocycles. The van der Waals surface area contributed by atoms with E-state index in [0.29, 0.717) is 6.04 Å². The number of nitrogens with zero attached hydrogens (tertiary/aromatic N) is 3. The van der Waals surface area contributed by atoms with Crippen molar-refractivity contribution in [2.45, 2.75) is 33.2 Å². The van der Waals surface area contributed by atoms with Gasteiger partial charge in [-0.2, -0.15) is 0 Å². The standard InChI is InChI=1S/C14H22BrN3/c1-4-12(3)17-5-7-18(8-6-17)14-13(15)9-11(2)10-16-14/h9-10,12H,4-8H2,1-3H3. The van der Waals surface area contributed by atoms with Crippen molar-refractivity contribution in [2.75, 3.05) is 31.1 Å². The fourth-order valence-corrected chi connectivity index (χ4v) is 3.11. The zero-order chi connectivity index (χ0) is 13.1. The molecule has 18 heavy (non-hydrogen) atoms. The molecule has 1 fully saturated rings. The summed E-state index contributed by atoms with van der Waals surface area (Å²) in [7, 11) is 0. The third-order valence-electron chi connectivity index (χ3n) is 3.79. The Morgan fingerprint density at radius 1 is 1.33 bits per heavy atom. The predicted molar refractivity (Wildman–Crippen MR) is 80.2 cm³/mol. The molecule has 0 aliphatic carbocycles. The number of hydrogen-bond acceptors (Lipinski definition) is 3. The number of aryl methyl sites for hydroxylation is 1. The second kappa shape index (κ2) is 6.02. The Hall–Kier alpha value is -0.610. The van der Waals surface area contributed by atoms with Crippen LogP contribution >= 0.6 is 15.9 Å². The van der Waals surface area contributed by atoms with Crippen LogP contribution in [0.2, 0.25) is 0 Å². The Labute approximate surface area is 118 Å². The maximum Gasteiger partial charge on any atom is 0.142 e. The lowest BCUT2D eigenvalue weighted by atomic mass is 10.2. The van der Waals surface area contributed by atoms with Crippen molar-refractivity contribution in [3.63, 3.8) is 0 Å². The minimum absolute atomic E-state index is 0.696. The second-order valence-electron chi connectivity index (χ2n) is 5.10. The van der Waals surface area contributed by atoms with Gasteiger partial charge in [0.2, 0.25) is 0 Å². The minimum atomic E-state index is 0.696. The molecule has 2 rings (SSSR count). The van der Waals surface area contributed by atoms with Crippen LogP contribution in [0, 0.1) is 6.92 Å². The first-order valence-corrected chi connectivity index (χ1v) is 7.52. The van der Waals surface area contributed by atoms with Gasteiger partial charge in [0.15, 0.2) is 0 Å². The molecule has 1 aromatic heterocycles. The van der Waals surface area contributed by atoms with Gasteiger partial charge < -0.3 is 4.90 Å². The molecule has 0 amide bonds. The van der Waals surface area contributed by atoms with E-state index in [1.54, 1.807) is 0 Å². The topological polar surface area (TPSA) is 19.4 Å². The van der Waals surface area contributed by atoms with E-state index < -0.39 is 0 Å². The largest absolute Gasteiger partial charge is 0.353 e. The Bertz CT molecular complexity index is 400. The number of anilines is 1. The summed E-state index contributed by atoms with van der Waals surface area (Å²) < 4.78 is 1.11. The van der Waals surface area contributed by atoms with Crippen LogP contribution in [0.25, 0.3) is 0 Å². The first-order valence-electron chi connectivity index (χ1n) is 6.73. The first kappa shape index (κ1) is 13.8. The van der Waals surface area contributed by atoms with Gasteiger partial charge in [0.25, 0.3) is 0 Å². The summed E-state index contributed by atoms with van der Waals surface area (Å²) in [6.45, 7) is 11.1. The normalized spacial score (nSPS) is 19.0. The quantitative estimate of drug-likeness (QED) is 0.855. The summed E-state index contributed by atoms with van der Waals surface area (Å²) in [5, 5.41) is 0. The van der Waals surface area contributed by atoms with Gasteiger partial charge in [-0.3, -0.25) is 4.90 Å². The molecule has 0 spiro atoms. The van der Waals surface area contributed by atoms with Crippen LogP contribution in [0.1, 0.15) is 25.8 Å². The number of piperazine rings is 1. The number of aromatic nitrogens is 1. The first-order chi connectivity index (χ1) is 8.61. The van der Waals surface area contributed by atoms with Gasteiger partial charge >= 0.3 is 0 Å². The van der Waals surface area contributed by atoms with Crippen LogP contribution in [0.15, 0.2) is 16.7 Å². The van der Waals surface area contributed by atoms with E-state index in [1.165, 1.54) is 12.0 Å². The molecule has 4 heteroatoms. The summed E-state index contributed by atoms with van der Waals surface area (Å²) in [5.74, 6) is 1.09. The van der Waals surface area contributed by atoms with E-state index in [0.717, 1.165) is 36.5 Å². The van der Waals surface area contributed by atoms with Gasteiger partial charge in [-0.1, -0.05) is 6.92 Å². The number of pyridine rings is 1. The van der Waals surface area contributed by atoms with Crippen LogP contribution in [0.3, 0.4) is 0 Å². The summed E-state index contributed by atoms with van der Waals surface area (Å²) in [5.41, 5.74) is 1.20. The molecule has 0 saturated carbocycles. The molecule has 2 heterocycles. The highest BCUT2D eigenvalue weighted by Crippen LogP contribution is 2.25. The summed E-state index contributed by atoms with van der Waals surface area (Å²) in [6, 6.07) is 2.84. The van der Waals surface area contributed by atoms with Crippen LogP contribution in [0.5, 0.6) is 0 Å². The minimum Gasteiger partial charge on any atom is -0.353 e. The SMILES string of the molecule is CCC(C)N1CCN(c2ncc(C)cc2Br)CC1. The van der Waals surface area contributed by atoms with Gasteiger partial charge in [0.05, 0.1) is 4.47 Å². The zero-order valence-electron chi connectivity index (χ0n) is 11.5. The lowest BCUT2D eigenvalue weighted by molar-refractivity contribution is 0.192. The van der Waals surface area contributed by atoms with Gasteiger partial charge in [0.1, 0.15) is 5.82 Å². The molecule has 1 unspecified atom stereocenters. The maximum absolute atomic E-state index is 4.55. The third kappa shape index (κ3) is 3.04. The van der Waals surface area contributed by atoms with Crippen molar-refractivity contribution < 1.29 is 0 Å². The number of halogens is 1. The molecule has 0 radical (unpaired) electrons. The Kier molecular flexibility index (Phi) is 4.62. The molecular formula is C14H22BrN3. The summed E-state index contributed by atoms with van der Waals surface area (Å²) in [4.78, 5) is 9.50. The molecule has 1 aliphatic rings. The van der Waals surface area contributed by atoms with Gasteiger partial charge in [-0.15, -0.1) is 0 Å². The predicted octanol–water partition coefficient (Wildman–Crippen LogP) is 3.07. The Morgan fingerprint density at radius 2 is 2.00 bits per heavy atom. The van der Waals surface area contributed by atoms with Crippen molar-refractivity contribution >= 4 is 21.7 Å². The molecule has 1 aromatic rings. The maximum atomic E-state index is 4.55. The molecule has 0 bridgehead atoms. The molecular weight excluding hydrogens is 290 g/mol. The zero-order valence-corrected chi connectivity index (χ0v) is 13.1. The van der Waals surface area contributed by atoms with Crippen LogP contribution in [-0.4, -0.2) is 42.1 Å². The van der Waals surface area contributed by atoms with Crippen molar-refractivity contribution in [2.24, 2.45) is 0 Å². The van der Waals surface area contributed by atoms with Gasteiger partial charge in [-0.25, -0.2) is 4.98 Å². The van der Waals surface area contributed by atoms with Gasteiger partial charge in [0, 0.05) is 38.4 Å². The Balaban J connectivity index is 2.01. The lowest BCUT2D eigenvalue weighted by Crippen LogP contribution is -2.49. The molecule has 100 valence electrons. The van der Waals surface area contributed by atoms with Crippen molar-refractivity contribution in [3.8, 4) is 0 Å².